The lowest BCUT2D eigenvalue weighted by atomic mass is 10.1. The van der Waals surface area contributed by atoms with Gasteiger partial charge in [-0.2, -0.15) is 0 Å². The van der Waals surface area contributed by atoms with Gasteiger partial charge in [0.15, 0.2) is 0 Å². The first kappa shape index (κ1) is 25.1. The normalized spacial score (nSPS) is 14.2. The van der Waals surface area contributed by atoms with Gasteiger partial charge in [-0.15, -0.1) is 0 Å². The van der Waals surface area contributed by atoms with Crippen molar-refractivity contribution in [3.63, 3.8) is 0 Å². The number of aromatic nitrogens is 1. The summed E-state index contributed by atoms with van der Waals surface area (Å²) in [6.07, 6.45) is 0. The summed E-state index contributed by atoms with van der Waals surface area (Å²) in [6.45, 7) is 9.03. The Morgan fingerprint density at radius 1 is 0.919 bits per heavy atom. The van der Waals surface area contributed by atoms with E-state index in [1.165, 1.54) is 5.56 Å². The van der Waals surface area contributed by atoms with Crippen molar-refractivity contribution < 1.29 is 9.59 Å². The van der Waals surface area contributed by atoms with E-state index >= 15 is 0 Å². The van der Waals surface area contributed by atoms with Crippen LogP contribution in [0.2, 0.25) is 5.02 Å². The lowest BCUT2D eigenvalue weighted by Crippen LogP contribution is -2.48. The quantitative estimate of drug-likeness (QED) is 0.360. The fourth-order valence-corrected chi connectivity index (χ4v) is 5.18. The van der Waals surface area contributed by atoms with Gasteiger partial charge >= 0.3 is 0 Å². The second kappa shape index (κ2) is 10.8. The summed E-state index contributed by atoms with van der Waals surface area (Å²) in [7, 11) is 0. The zero-order chi connectivity index (χ0) is 25.9. The second-order valence-corrected chi connectivity index (χ2v) is 9.95. The van der Waals surface area contributed by atoms with E-state index in [2.05, 4.69) is 46.8 Å². The number of rotatable bonds is 6. The Kier molecular flexibility index (Phi) is 7.31. The zero-order valence-corrected chi connectivity index (χ0v) is 22.0. The molecule has 0 aliphatic carbocycles. The molecule has 190 valence electrons. The van der Waals surface area contributed by atoms with Crippen molar-refractivity contribution in [3.05, 3.63) is 100 Å². The molecule has 1 fully saturated rings. The van der Waals surface area contributed by atoms with Crippen LogP contribution >= 0.6 is 11.6 Å². The van der Waals surface area contributed by atoms with E-state index in [9.17, 15) is 9.59 Å². The monoisotopic (exact) mass is 514 g/mol. The molecule has 5 rings (SSSR count). The third kappa shape index (κ3) is 5.41. The number of amides is 2. The summed E-state index contributed by atoms with van der Waals surface area (Å²) < 4.78 is 2.10. The lowest BCUT2D eigenvalue weighted by molar-refractivity contribution is 0.0633. The lowest BCUT2D eigenvalue weighted by Gasteiger charge is -2.34. The SMILES string of the molecule is CCN1CCN(C(=O)c2cc3cc(NC(=O)c4ccccc4Cl)ccc3n2Cc2cccc(C)c2)CC1. The van der Waals surface area contributed by atoms with Crippen LogP contribution in [0.25, 0.3) is 10.9 Å². The highest BCUT2D eigenvalue weighted by Crippen LogP contribution is 2.27. The first-order chi connectivity index (χ1) is 17.9. The van der Waals surface area contributed by atoms with Crippen molar-refractivity contribution in [1.82, 2.24) is 14.4 Å². The Hall–Kier alpha value is -3.61. The molecule has 1 N–H and O–H groups in total. The molecular weight excluding hydrogens is 484 g/mol. The van der Waals surface area contributed by atoms with Gasteiger partial charge in [-0.3, -0.25) is 9.59 Å². The molecule has 1 aliphatic heterocycles. The van der Waals surface area contributed by atoms with Crippen LogP contribution in [0.4, 0.5) is 5.69 Å². The van der Waals surface area contributed by atoms with E-state index < -0.39 is 0 Å². The number of nitrogens with zero attached hydrogens (tertiary/aromatic N) is 3. The van der Waals surface area contributed by atoms with E-state index in [-0.39, 0.29) is 11.8 Å². The maximum atomic E-state index is 13.7. The van der Waals surface area contributed by atoms with Crippen LogP contribution in [0.3, 0.4) is 0 Å². The van der Waals surface area contributed by atoms with Gasteiger partial charge in [0.1, 0.15) is 5.69 Å². The number of aryl methyl sites for hydroxylation is 1. The Morgan fingerprint density at radius 2 is 1.70 bits per heavy atom. The van der Waals surface area contributed by atoms with Gasteiger partial charge in [0.2, 0.25) is 0 Å². The van der Waals surface area contributed by atoms with E-state index in [0.717, 1.165) is 49.2 Å². The van der Waals surface area contributed by atoms with Crippen molar-refractivity contribution in [2.24, 2.45) is 0 Å². The van der Waals surface area contributed by atoms with E-state index in [4.69, 9.17) is 11.6 Å². The molecule has 0 spiro atoms. The van der Waals surface area contributed by atoms with Crippen LogP contribution in [0.1, 0.15) is 38.9 Å². The summed E-state index contributed by atoms with van der Waals surface area (Å²) in [5.74, 6) is -0.226. The number of hydrogen-bond acceptors (Lipinski definition) is 3. The highest BCUT2D eigenvalue weighted by molar-refractivity contribution is 6.34. The molecule has 4 aromatic rings. The maximum Gasteiger partial charge on any atom is 0.270 e. The number of halogens is 1. The summed E-state index contributed by atoms with van der Waals surface area (Å²) in [5.41, 5.74) is 5.01. The minimum Gasteiger partial charge on any atom is -0.335 e. The fraction of sp³-hybridized carbons (Fsp3) is 0.267. The fourth-order valence-electron chi connectivity index (χ4n) is 4.96. The Labute approximate surface area is 222 Å². The molecule has 2 heterocycles. The summed E-state index contributed by atoms with van der Waals surface area (Å²) in [6, 6.07) is 23.0. The summed E-state index contributed by atoms with van der Waals surface area (Å²) >= 11 is 6.21. The second-order valence-electron chi connectivity index (χ2n) is 9.54. The maximum absolute atomic E-state index is 13.7. The third-order valence-corrected chi connectivity index (χ3v) is 7.36. The van der Waals surface area contributed by atoms with Crippen LogP contribution in [0.5, 0.6) is 0 Å². The number of fused-ring (bicyclic) bond motifs is 1. The van der Waals surface area contributed by atoms with Crippen molar-refractivity contribution in [1.29, 1.82) is 0 Å². The average Bonchev–Trinajstić information content (AvgIpc) is 3.25. The van der Waals surface area contributed by atoms with E-state index in [0.29, 0.717) is 28.5 Å². The van der Waals surface area contributed by atoms with Crippen molar-refractivity contribution in [2.75, 3.05) is 38.0 Å². The molecule has 0 bridgehead atoms. The molecule has 6 nitrogen and oxygen atoms in total. The third-order valence-electron chi connectivity index (χ3n) is 7.03. The van der Waals surface area contributed by atoms with Gasteiger partial charge in [0.05, 0.1) is 10.6 Å². The highest BCUT2D eigenvalue weighted by Gasteiger charge is 2.25. The van der Waals surface area contributed by atoms with E-state index in [1.807, 2.05) is 35.2 Å². The molecule has 0 radical (unpaired) electrons. The number of piperazine rings is 1. The average molecular weight is 515 g/mol. The molecular formula is C30H31ClN4O2. The number of anilines is 1. The van der Waals surface area contributed by atoms with Gasteiger partial charge in [-0.25, -0.2) is 0 Å². The summed E-state index contributed by atoms with van der Waals surface area (Å²) in [5, 5.41) is 4.25. The number of nitrogens with one attached hydrogen (secondary N) is 1. The van der Waals surface area contributed by atoms with Crippen molar-refractivity contribution in [3.8, 4) is 0 Å². The highest BCUT2D eigenvalue weighted by atomic mass is 35.5. The van der Waals surface area contributed by atoms with Gasteiger partial charge in [-0.1, -0.05) is 60.5 Å². The summed E-state index contributed by atoms with van der Waals surface area (Å²) in [4.78, 5) is 30.9. The Bertz CT molecular complexity index is 1450. The molecule has 1 aliphatic rings. The van der Waals surface area contributed by atoms with Crippen LogP contribution in [-0.4, -0.2) is 58.9 Å². The topological polar surface area (TPSA) is 57.6 Å². The first-order valence-corrected chi connectivity index (χ1v) is 13.1. The molecule has 37 heavy (non-hydrogen) atoms. The predicted molar refractivity (Wildman–Crippen MR) is 150 cm³/mol. The van der Waals surface area contributed by atoms with Crippen molar-refractivity contribution in [2.45, 2.75) is 20.4 Å². The predicted octanol–water partition coefficient (Wildman–Crippen LogP) is 5.68. The standard InChI is InChI=1S/C30H31ClN4O2/c1-3-33-13-15-34(16-14-33)30(37)28-19-23-18-24(32-29(36)25-9-4-5-10-26(25)31)11-12-27(23)35(28)20-22-8-6-7-21(2)17-22/h4-12,17-19H,3,13-16,20H2,1-2H3,(H,32,36). The molecule has 2 amide bonds. The molecule has 1 aromatic heterocycles. The number of hydrogen-bond donors (Lipinski definition) is 1. The van der Waals surface area contributed by atoms with Crippen LogP contribution < -0.4 is 5.32 Å². The first-order valence-electron chi connectivity index (χ1n) is 12.7. The molecule has 0 saturated carbocycles. The Morgan fingerprint density at radius 3 is 2.43 bits per heavy atom. The molecule has 0 unspecified atom stereocenters. The molecule has 1 saturated heterocycles. The smallest absolute Gasteiger partial charge is 0.270 e. The van der Waals surface area contributed by atoms with Crippen molar-refractivity contribution >= 4 is 40.0 Å². The van der Waals surface area contributed by atoms with Gasteiger partial charge in [0, 0.05) is 49.3 Å². The largest absolute Gasteiger partial charge is 0.335 e. The Balaban J connectivity index is 1.49. The van der Waals surface area contributed by atoms with Crippen LogP contribution in [0, 0.1) is 6.92 Å². The minimum absolute atomic E-state index is 0.0428. The number of benzene rings is 3. The molecule has 7 heteroatoms. The van der Waals surface area contributed by atoms with Gasteiger partial charge < -0.3 is 19.7 Å². The van der Waals surface area contributed by atoms with Gasteiger partial charge in [0.25, 0.3) is 11.8 Å². The van der Waals surface area contributed by atoms with Crippen LogP contribution in [-0.2, 0) is 6.54 Å². The van der Waals surface area contributed by atoms with E-state index in [1.54, 1.807) is 24.3 Å². The minimum atomic E-state index is -0.269. The number of likely N-dealkylation sites (N-methyl/N-ethyl adjacent to an activating group) is 1. The van der Waals surface area contributed by atoms with Gasteiger partial charge in [-0.05, 0) is 55.4 Å². The zero-order valence-electron chi connectivity index (χ0n) is 21.2. The molecule has 3 aromatic carbocycles. The number of carbonyl (C=O) groups excluding carboxylic acids is 2. The molecule has 0 atom stereocenters. The van der Waals surface area contributed by atoms with Crippen LogP contribution in [0.15, 0.2) is 72.8 Å². The number of carbonyl (C=O) groups is 2.